The average molecular weight is 819 g/mol. The summed E-state index contributed by atoms with van der Waals surface area (Å²) in [7, 11) is 2.66. The molecule has 11 N–H and O–H groups in total. The molecule has 11 unspecified atom stereocenters. The number of carbonyl (C=O) groups excluding carboxylic acids is 1. The van der Waals surface area contributed by atoms with Crippen LogP contribution < -0.4 is 14.2 Å². The Hall–Kier alpha value is -5.55. The first-order chi connectivity index (χ1) is 27.6. The fourth-order valence-electron chi connectivity index (χ4n) is 6.33. The summed E-state index contributed by atoms with van der Waals surface area (Å²) in [5.41, 5.74) is 0.630. The summed E-state index contributed by atoms with van der Waals surface area (Å²) >= 11 is 0. The quantitative estimate of drug-likeness (QED) is 0.0630. The molecule has 3 heterocycles. The van der Waals surface area contributed by atoms with Crippen LogP contribution in [-0.4, -0.2) is 151 Å². The first-order valence-corrected chi connectivity index (χ1v) is 17.5. The van der Waals surface area contributed by atoms with E-state index in [0.29, 0.717) is 5.56 Å². The molecule has 0 saturated carbocycles. The van der Waals surface area contributed by atoms with Crippen LogP contribution in [0.25, 0.3) is 12.2 Å². The Morgan fingerprint density at radius 1 is 0.707 bits per heavy atom. The van der Waals surface area contributed by atoms with Crippen molar-refractivity contribution < 1.29 is 98.9 Å². The molecule has 2 saturated heterocycles. The molecule has 3 aromatic carbocycles. The summed E-state index contributed by atoms with van der Waals surface area (Å²) in [4.78, 5) is 12.5. The van der Waals surface area contributed by atoms with Crippen LogP contribution in [0.2, 0.25) is 0 Å². The monoisotopic (exact) mass is 818 g/mol. The molecule has 20 heteroatoms. The van der Waals surface area contributed by atoms with Crippen molar-refractivity contribution in [2.75, 3.05) is 27.4 Å². The van der Waals surface area contributed by atoms with Crippen LogP contribution >= 0.6 is 0 Å². The van der Waals surface area contributed by atoms with Gasteiger partial charge in [0.15, 0.2) is 35.4 Å². The van der Waals surface area contributed by atoms with Crippen molar-refractivity contribution in [3.8, 4) is 46.0 Å². The summed E-state index contributed by atoms with van der Waals surface area (Å²) in [6, 6.07) is 8.77. The largest absolute Gasteiger partial charge is 0.508 e. The van der Waals surface area contributed by atoms with Gasteiger partial charge < -0.3 is 94.1 Å². The maximum absolute atomic E-state index is 12.5. The molecule has 314 valence electrons. The number of carbonyl (C=O) groups is 1. The number of aliphatic hydroxyl groups is 6. The molecule has 58 heavy (non-hydrogen) atoms. The van der Waals surface area contributed by atoms with Crippen molar-refractivity contribution in [3.63, 3.8) is 0 Å². The minimum absolute atomic E-state index is 0.00619. The molecular weight excluding hydrogens is 776 g/mol. The number of aliphatic hydroxyl groups excluding tert-OH is 6. The lowest BCUT2D eigenvalue weighted by Gasteiger charge is -2.43. The molecule has 3 aromatic rings. The van der Waals surface area contributed by atoms with Crippen molar-refractivity contribution in [1.29, 1.82) is 0 Å². The first kappa shape index (κ1) is 42.1. The van der Waals surface area contributed by atoms with Gasteiger partial charge in [-0.25, -0.2) is 4.79 Å². The van der Waals surface area contributed by atoms with Gasteiger partial charge in [-0.2, -0.15) is 0 Å². The molecule has 3 aliphatic rings. The molecule has 0 aliphatic carbocycles. The molecule has 3 aliphatic heterocycles. The van der Waals surface area contributed by atoms with Gasteiger partial charge in [-0.15, -0.1) is 0 Å². The maximum atomic E-state index is 12.5. The lowest BCUT2D eigenvalue weighted by Crippen LogP contribution is -2.61. The van der Waals surface area contributed by atoms with Gasteiger partial charge in [-0.3, -0.25) is 0 Å². The fraction of sp³-hybridized carbons (Fsp3) is 0.395. The van der Waals surface area contributed by atoms with E-state index in [9.17, 15) is 61.0 Å². The van der Waals surface area contributed by atoms with Gasteiger partial charge in [0.05, 0.1) is 26.4 Å². The number of rotatable bonds is 12. The normalized spacial score (nSPS) is 29.5. The number of phenols is 5. The van der Waals surface area contributed by atoms with Crippen LogP contribution in [0, 0.1) is 0 Å². The molecule has 0 radical (unpaired) electrons. The molecule has 20 nitrogen and oxygen atoms in total. The second-order valence-electron chi connectivity index (χ2n) is 13.4. The van der Waals surface area contributed by atoms with Gasteiger partial charge in [0, 0.05) is 23.8 Å². The standard InChI is InChI=1S/C38H42O20/c1-51-23-7-15(8-24(52-2)29(23)44)3-6-28(43)53-13-26-30(45)32(47)34(49)37(57-26)54-14-27-31(46)33(48)35(50)38(58-27)56-25-12-18-20(41)10-17(39)11-22(18)55-36(25)16-4-5-19(40)21(42)9-16/h3-12,26-27,30-42,44-50H,13-14H2,1-2H3. The number of phenolic OH excluding ortho intramolecular Hbond substituents is 5. The Bertz CT molecular complexity index is 1990. The number of methoxy groups -OCH3 is 2. The third-order valence-corrected chi connectivity index (χ3v) is 9.51. The number of fused-ring (bicyclic) bond motifs is 1. The summed E-state index contributed by atoms with van der Waals surface area (Å²) in [5.74, 6) is -2.89. The zero-order valence-corrected chi connectivity index (χ0v) is 30.6. The number of hydrogen-bond donors (Lipinski definition) is 11. The Kier molecular flexibility index (Phi) is 12.7. The second-order valence-corrected chi connectivity index (χ2v) is 13.4. The van der Waals surface area contributed by atoms with Crippen LogP contribution in [0.3, 0.4) is 0 Å². The van der Waals surface area contributed by atoms with Crippen molar-refractivity contribution >= 4 is 18.1 Å². The molecule has 2 fully saturated rings. The zero-order chi connectivity index (χ0) is 42.0. The van der Waals surface area contributed by atoms with E-state index in [-0.39, 0.29) is 45.6 Å². The third kappa shape index (κ3) is 8.79. The van der Waals surface area contributed by atoms with Gasteiger partial charge in [-0.05, 0) is 42.0 Å². The maximum Gasteiger partial charge on any atom is 0.330 e. The average Bonchev–Trinajstić information content (AvgIpc) is 3.20. The van der Waals surface area contributed by atoms with Gasteiger partial charge in [0.25, 0.3) is 0 Å². The lowest BCUT2D eigenvalue weighted by atomic mass is 9.98. The van der Waals surface area contributed by atoms with Crippen LogP contribution in [0.15, 0.2) is 54.3 Å². The number of ether oxygens (including phenoxy) is 8. The van der Waals surface area contributed by atoms with Gasteiger partial charge in [0.1, 0.15) is 78.4 Å². The van der Waals surface area contributed by atoms with E-state index >= 15 is 0 Å². The predicted molar refractivity (Wildman–Crippen MR) is 192 cm³/mol. The van der Waals surface area contributed by atoms with E-state index in [1.165, 1.54) is 56.7 Å². The highest BCUT2D eigenvalue weighted by molar-refractivity contribution is 5.87. The summed E-state index contributed by atoms with van der Waals surface area (Å²) in [6.07, 6.45) is -15.2. The number of esters is 1. The second kappa shape index (κ2) is 17.5. The Labute approximate surface area is 328 Å². The van der Waals surface area contributed by atoms with Crippen molar-refractivity contribution in [3.05, 3.63) is 71.0 Å². The molecular formula is C38H42O20. The van der Waals surface area contributed by atoms with E-state index in [2.05, 4.69) is 0 Å². The highest BCUT2D eigenvalue weighted by Gasteiger charge is 2.49. The van der Waals surface area contributed by atoms with Gasteiger partial charge >= 0.3 is 5.97 Å². The molecule has 0 amide bonds. The lowest BCUT2D eigenvalue weighted by molar-refractivity contribution is -0.328. The van der Waals surface area contributed by atoms with E-state index in [1.807, 2.05) is 0 Å². The van der Waals surface area contributed by atoms with Gasteiger partial charge in [-0.1, -0.05) is 6.07 Å². The summed E-state index contributed by atoms with van der Waals surface area (Å²) in [5, 5.41) is 115. The van der Waals surface area contributed by atoms with Crippen LogP contribution in [-0.2, 0) is 28.5 Å². The van der Waals surface area contributed by atoms with Crippen molar-refractivity contribution in [1.82, 2.24) is 0 Å². The minimum Gasteiger partial charge on any atom is -0.508 e. The highest BCUT2D eigenvalue weighted by Crippen LogP contribution is 2.45. The predicted octanol–water partition coefficient (Wildman–Crippen LogP) is -0.389. The molecule has 0 bridgehead atoms. The van der Waals surface area contributed by atoms with E-state index < -0.39 is 104 Å². The Balaban J connectivity index is 1.13. The summed E-state index contributed by atoms with van der Waals surface area (Å²) in [6.45, 7) is -1.31. The third-order valence-electron chi connectivity index (χ3n) is 9.51. The summed E-state index contributed by atoms with van der Waals surface area (Å²) < 4.78 is 44.3. The minimum atomic E-state index is -1.92. The molecule has 11 atom stereocenters. The Morgan fingerprint density at radius 3 is 1.97 bits per heavy atom. The highest BCUT2D eigenvalue weighted by atomic mass is 16.7. The van der Waals surface area contributed by atoms with Crippen LogP contribution in [0.5, 0.6) is 46.0 Å². The number of hydrogen-bond acceptors (Lipinski definition) is 20. The molecule has 6 rings (SSSR count). The van der Waals surface area contributed by atoms with Crippen LogP contribution in [0.4, 0.5) is 0 Å². The van der Waals surface area contributed by atoms with Crippen molar-refractivity contribution in [2.45, 2.75) is 67.5 Å². The zero-order valence-electron chi connectivity index (χ0n) is 30.6. The first-order valence-electron chi connectivity index (χ1n) is 17.5. The van der Waals surface area contributed by atoms with E-state index in [0.717, 1.165) is 18.2 Å². The van der Waals surface area contributed by atoms with E-state index in [4.69, 9.17) is 37.9 Å². The fourth-order valence-corrected chi connectivity index (χ4v) is 6.33. The molecule has 0 spiro atoms. The van der Waals surface area contributed by atoms with Gasteiger partial charge in [0.2, 0.25) is 12.0 Å². The van der Waals surface area contributed by atoms with E-state index in [1.54, 1.807) is 0 Å². The van der Waals surface area contributed by atoms with Crippen molar-refractivity contribution in [2.24, 2.45) is 0 Å². The SMILES string of the molecule is COc1cc(C=CC(=O)OCC2OC(OCC3OC(OC4=Cc5c(O)cc(O)cc5OC4c4ccc(O)c(O)c4)C(O)C(O)C3O)C(O)C(O)C2O)cc(OC)c1O. The topological polar surface area (TPSA) is 313 Å². The Morgan fingerprint density at radius 2 is 1.33 bits per heavy atom. The molecule has 0 aromatic heterocycles. The number of benzene rings is 3. The smallest absolute Gasteiger partial charge is 0.330 e. The number of aromatic hydroxyl groups is 5. The van der Waals surface area contributed by atoms with Crippen LogP contribution in [0.1, 0.15) is 22.8 Å².